The summed E-state index contributed by atoms with van der Waals surface area (Å²) in [5.74, 6) is 1.63. The zero-order chi connectivity index (χ0) is 20.3. The molecule has 0 unspecified atom stereocenters. The van der Waals surface area contributed by atoms with Crippen LogP contribution in [0.3, 0.4) is 0 Å². The number of piperazine rings is 1. The lowest BCUT2D eigenvalue weighted by Gasteiger charge is -2.34. The van der Waals surface area contributed by atoms with Crippen molar-refractivity contribution in [3.8, 4) is 0 Å². The molecule has 0 N–H and O–H groups in total. The molecule has 7 heteroatoms. The molecule has 160 valence electrons. The number of aryl methyl sites for hydroxylation is 2. The van der Waals surface area contributed by atoms with Crippen molar-refractivity contribution in [2.75, 3.05) is 32.7 Å². The molecular formula is C23H32N6O. The van der Waals surface area contributed by atoms with E-state index in [0.717, 1.165) is 63.6 Å². The van der Waals surface area contributed by atoms with Crippen molar-refractivity contribution in [3.63, 3.8) is 0 Å². The van der Waals surface area contributed by atoms with E-state index >= 15 is 0 Å². The Balaban J connectivity index is 1.09. The van der Waals surface area contributed by atoms with Crippen molar-refractivity contribution in [2.24, 2.45) is 0 Å². The first-order chi connectivity index (χ1) is 14.7. The smallest absolute Gasteiger partial charge is 0.267 e. The molecule has 2 aromatic heterocycles. The van der Waals surface area contributed by atoms with Crippen LogP contribution in [-0.2, 0) is 25.9 Å². The normalized spacial score (nSPS) is 20.7. The van der Waals surface area contributed by atoms with E-state index in [1.807, 2.05) is 18.5 Å². The maximum absolute atomic E-state index is 12.4. The number of fused-ring (bicyclic) bond motifs is 1. The van der Waals surface area contributed by atoms with Gasteiger partial charge in [-0.1, -0.05) is 6.42 Å². The van der Waals surface area contributed by atoms with Gasteiger partial charge in [-0.15, -0.1) is 0 Å². The van der Waals surface area contributed by atoms with Gasteiger partial charge < -0.3 is 0 Å². The van der Waals surface area contributed by atoms with Crippen molar-refractivity contribution in [1.29, 1.82) is 0 Å². The summed E-state index contributed by atoms with van der Waals surface area (Å²) < 4.78 is 1.68. The minimum Gasteiger partial charge on any atom is -0.299 e. The molecule has 7 nitrogen and oxygen atoms in total. The second kappa shape index (κ2) is 8.94. The SMILES string of the molecule is O=c1cc2c(nn1CCN1CCN(Cc3cnc(C4CCC4)nc3)CC1)CCCC2. The molecule has 0 atom stereocenters. The van der Waals surface area contributed by atoms with Crippen LogP contribution in [0.25, 0.3) is 0 Å². The highest BCUT2D eigenvalue weighted by Gasteiger charge is 2.22. The predicted octanol–water partition coefficient (Wildman–Crippen LogP) is 2.00. The highest BCUT2D eigenvalue weighted by molar-refractivity contribution is 5.20. The van der Waals surface area contributed by atoms with Crippen LogP contribution >= 0.6 is 0 Å². The van der Waals surface area contributed by atoms with Gasteiger partial charge in [0.15, 0.2) is 0 Å². The van der Waals surface area contributed by atoms with Crippen LogP contribution in [0.1, 0.15) is 60.7 Å². The third-order valence-electron chi connectivity index (χ3n) is 6.97. The average Bonchev–Trinajstić information content (AvgIpc) is 2.73. The molecule has 1 saturated carbocycles. The molecule has 3 aliphatic rings. The van der Waals surface area contributed by atoms with E-state index in [0.29, 0.717) is 12.5 Å². The number of nitrogens with zero attached hydrogens (tertiary/aromatic N) is 6. The Morgan fingerprint density at radius 2 is 1.63 bits per heavy atom. The second-order valence-electron chi connectivity index (χ2n) is 9.08. The van der Waals surface area contributed by atoms with Gasteiger partial charge in [-0.25, -0.2) is 14.6 Å². The Bertz CT molecular complexity index is 912. The van der Waals surface area contributed by atoms with Crippen molar-refractivity contribution >= 4 is 0 Å². The lowest BCUT2D eigenvalue weighted by molar-refractivity contribution is 0.122. The van der Waals surface area contributed by atoms with Crippen molar-refractivity contribution in [2.45, 2.75) is 64.0 Å². The van der Waals surface area contributed by atoms with Gasteiger partial charge in [-0.05, 0) is 44.1 Å². The van der Waals surface area contributed by atoms with E-state index in [1.54, 1.807) is 4.68 Å². The van der Waals surface area contributed by atoms with Crippen LogP contribution in [0.15, 0.2) is 23.3 Å². The van der Waals surface area contributed by atoms with E-state index < -0.39 is 0 Å². The Morgan fingerprint density at radius 1 is 0.900 bits per heavy atom. The molecule has 0 bridgehead atoms. The number of aromatic nitrogens is 4. The standard InChI is InChI=1S/C23H32N6O/c30-22-14-20-4-1-2-7-21(20)26-29(22)13-12-27-8-10-28(11-9-27)17-18-15-24-23(25-16-18)19-5-3-6-19/h14-16,19H,1-13,17H2. The number of hydrogen-bond acceptors (Lipinski definition) is 6. The van der Waals surface area contributed by atoms with E-state index in [-0.39, 0.29) is 5.56 Å². The van der Waals surface area contributed by atoms with Crippen LogP contribution in [0.5, 0.6) is 0 Å². The largest absolute Gasteiger partial charge is 0.299 e. The fourth-order valence-corrected chi connectivity index (χ4v) is 4.75. The average molecular weight is 409 g/mol. The van der Waals surface area contributed by atoms with E-state index in [9.17, 15) is 4.79 Å². The number of hydrogen-bond donors (Lipinski definition) is 0. The first kappa shape index (κ1) is 19.8. The molecule has 0 spiro atoms. The molecule has 30 heavy (non-hydrogen) atoms. The first-order valence-electron chi connectivity index (χ1n) is 11.6. The molecule has 0 radical (unpaired) electrons. The molecule has 0 amide bonds. The van der Waals surface area contributed by atoms with Gasteiger partial charge in [-0.3, -0.25) is 14.6 Å². The quantitative estimate of drug-likeness (QED) is 0.728. The Hall–Kier alpha value is -2.12. The third kappa shape index (κ3) is 4.47. The Labute approximate surface area is 178 Å². The monoisotopic (exact) mass is 408 g/mol. The zero-order valence-corrected chi connectivity index (χ0v) is 17.8. The summed E-state index contributed by atoms with van der Waals surface area (Å²) >= 11 is 0. The van der Waals surface area contributed by atoms with Crippen molar-refractivity contribution in [3.05, 3.63) is 51.5 Å². The summed E-state index contributed by atoms with van der Waals surface area (Å²) in [6.07, 6.45) is 12.2. The molecule has 0 aromatic carbocycles. The molecule has 1 saturated heterocycles. The predicted molar refractivity (Wildman–Crippen MR) is 115 cm³/mol. The maximum Gasteiger partial charge on any atom is 0.267 e. The summed E-state index contributed by atoms with van der Waals surface area (Å²) in [6.45, 7) is 6.63. The van der Waals surface area contributed by atoms with E-state index in [1.165, 1.54) is 43.2 Å². The second-order valence-corrected chi connectivity index (χ2v) is 9.08. The van der Waals surface area contributed by atoms with E-state index in [2.05, 4.69) is 24.9 Å². The summed E-state index contributed by atoms with van der Waals surface area (Å²) in [5, 5.41) is 4.65. The van der Waals surface area contributed by atoms with E-state index in [4.69, 9.17) is 0 Å². The van der Waals surface area contributed by atoms with Crippen molar-refractivity contribution < 1.29 is 0 Å². The fourth-order valence-electron chi connectivity index (χ4n) is 4.75. The van der Waals surface area contributed by atoms with Gasteiger partial charge in [0, 0.05) is 69.2 Å². The van der Waals surface area contributed by atoms with Gasteiger partial charge >= 0.3 is 0 Å². The molecule has 2 fully saturated rings. The van der Waals surface area contributed by atoms with Gasteiger partial charge in [0.05, 0.1) is 12.2 Å². The highest BCUT2D eigenvalue weighted by atomic mass is 16.1. The Morgan fingerprint density at radius 3 is 2.37 bits per heavy atom. The molecule has 5 rings (SSSR count). The lowest BCUT2D eigenvalue weighted by Crippen LogP contribution is -2.47. The topological polar surface area (TPSA) is 67.2 Å². The van der Waals surface area contributed by atoms with Gasteiger partial charge in [0.25, 0.3) is 5.56 Å². The first-order valence-corrected chi connectivity index (χ1v) is 11.6. The van der Waals surface area contributed by atoms with Gasteiger partial charge in [-0.2, -0.15) is 5.10 Å². The van der Waals surface area contributed by atoms with Crippen LogP contribution < -0.4 is 5.56 Å². The summed E-state index contributed by atoms with van der Waals surface area (Å²) in [7, 11) is 0. The van der Waals surface area contributed by atoms with Gasteiger partial charge in [0.1, 0.15) is 5.82 Å². The highest BCUT2D eigenvalue weighted by Crippen LogP contribution is 2.33. The van der Waals surface area contributed by atoms with Crippen LogP contribution in [0.4, 0.5) is 0 Å². The minimum absolute atomic E-state index is 0.0552. The van der Waals surface area contributed by atoms with Crippen LogP contribution in [-0.4, -0.2) is 62.3 Å². The minimum atomic E-state index is 0.0552. The third-order valence-corrected chi connectivity index (χ3v) is 6.97. The number of rotatable bonds is 6. The summed E-state index contributed by atoms with van der Waals surface area (Å²) in [5.41, 5.74) is 3.56. The zero-order valence-electron chi connectivity index (χ0n) is 17.8. The molecule has 1 aliphatic heterocycles. The Kier molecular flexibility index (Phi) is 5.91. The summed E-state index contributed by atoms with van der Waals surface area (Å²) in [6, 6.07) is 1.82. The summed E-state index contributed by atoms with van der Waals surface area (Å²) in [4.78, 5) is 26.5. The van der Waals surface area contributed by atoms with Crippen molar-refractivity contribution in [1.82, 2.24) is 29.5 Å². The molecule has 3 heterocycles. The molecule has 2 aliphatic carbocycles. The van der Waals surface area contributed by atoms with Crippen LogP contribution in [0.2, 0.25) is 0 Å². The maximum atomic E-state index is 12.4. The molecule has 2 aromatic rings. The van der Waals surface area contributed by atoms with Crippen LogP contribution in [0, 0.1) is 0 Å². The fraction of sp³-hybridized carbons (Fsp3) is 0.652. The lowest BCUT2D eigenvalue weighted by atomic mass is 9.85. The molecular weight excluding hydrogens is 376 g/mol. The van der Waals surface area contributed by atoms with Gasteiger partial charge in [0.2, 0.25) is 0 Å².